The van der Waals surface area contributed by atoms with Gasteiger partial charge in [-0.05, 0) is 5.56 Å². The van der Waals surface area contributed by atoms with Crippen molar-refractivity contribution in [1.29, 1.82) is 0 Å². The van der Waals surface area contributed by atoms with Crippen molar-refractivity contribution in [1.82, 2.24) is 5.32 Å². The molecule has 1 saturated heterocycles. The molecule has 2 rings (SSSR count). The van der Waals surface area contributed by atoms with Gasteiger partial charge in [-0.1, -0.05) is 30.3 Å². The Labute approximate surface area is 131 Å². The number of carbonyl (C=O) groups is 4. The van der Waals surface area contributed by atoms with Gasteiger partial charge in [0.25, 0.3) is 0 Å². The summed E-state index contributed by atoms with van der Waals surface area (Å²) < 4.78 is 13.9. The Balaban J connectivity index is 1.97. The van der Waals surface area contributed by atoms with Crippen molar-refractivity contribution in [2.75, 3.05) is 7.11 Å². The maximum atomic E-state index is 11.8. The number of ether oxygens (including phenoxy) is 3. The van der Waals surface area contributed by atoms with Crippen LogP contribution in [0.3, 0.4) is 0 Å². The van der Waals surface area contributed by atoms with E-state index in [9.17, 15) is 19.2 Å². The molecule has 1 heterocycles. The molecule has 1 aromatic carbocycles. The summed E-state index contributed by atoms with van der Waals surface area (Å²) in [5.41, 5.74) is 0.758. The van der Waals surface area contributed by atoms with Gasteiger partial charge in [-0.15, -0.1) is 0 Å². The van der Waals surface area contributed by atoms with E-state index in [2.05, 4.69) is 14.8 Å². The number of methoxy groups -OCH3 is 1. The molecule has 2 atom stereocenters. The fourth-order valence-corrected chi connectivity index (χ4v) is 2.10. The maximum absolute atomic E-state index is 11.8. The van der Waals surface area contributed by atoms with E-state index in [1.54, 1.807) is 24.3 Å². The minimum Gasteiger partial charge on any atom is -0.469 e. The molecule has 1 aliphatic rings. The zero-order valence-electron chi connectivity index (χ0n) is 12.3. The van der Waals surface area contributed by atoms with Crippen molar-refractivity contribution in [2.24, 2.45) is 5.92 Å². The SMILES string of the molecule is COC(=O)[C@@H]1CC(=O)OC(=O)[C@H]1NC(=O)OCc1ccccc1. The van der Waals surface area contributed by atoms with Gasteiger partial charge in [-0.25, -0.2) is 9.59 Å². The first-order valence-electron chi connectivity index (χ1n) is 6.81. The van der Waals surface area contributed by atoms with Crippen LogP contribution in [0.2, 0.25) is 0 Å². The van der Waals surface area contributed by atoms with Gasteiger partial charge < -0.3 is 19.5 Å². The first kappa shape index (κ1) is 16.5. The summed E-state index contributed by atoms with van der Waals surface area (Å²) in [7, 11) is 1.12. The predicted molar refractivity (Wildman–Crippen MR) is 74.8 cm³/mol. The van der Waals surface area contributed by atoms with Gasteiger partial charge >= 0.3 is 24.0 Å². The third kappa shape index (κ3) is 4.29. The molecule has 0 unspecified atom stereocenters. The summed E-state index contributed by atoms with van der Waals surface area (Å²) in [6, 6.07) is 7.58. The van der Waals surface area contributed by atoms with Gasteiger partial charge in [0.05, 0.1) is 19.4 Å². The summed E-state index contributed by atoms with van der Waals surface area (Å²) in [6.45, 7) is -0.00371. The topological polar surface area (TPSA) is 108 Å². The Hall–Kier alpha value is -2.90. The first-order chi connectivity index (χ1) is 11.0. The van der Waals surface area contributed by atoms with Crippen LogP contribution in [0.25, 0.3) is 0 Å². The maximum Gasteiger partial charge on any atom is 0.408 e. The molecule has 1 fully saturated rings. The van der Waals surface area contributed by atoms with Crippen molar-refractivity contribution >= 4 is 24.0 Å². The minimum atomic E-state index is -1.33. The zero-order chi connectivity index (χ0) is 16.8. The molecular weight excluding hydrogens is 306 g/mol. The molecule has 1 aliphatic heterocycles. The van der Waals surface area contributed by atoms with Crippen LogP contribution < -0.4 is 5.32 Å². The van der Waals surface area contributed by atoms with E-state index >= 15 is 0 Å². The number of carbonyl (C=O) groups excluding carboxylic acids is 4. The molecule has 23 heavy (non-hydrogen) atoms. The number of alkyl carbamates (subject to hydrolysis) is 1. The molecular formula is C15H15NO7. The van der Waals surface area contributed by atoms with Crippen LogP contribution in [0.5, 0.6) is 0 Å². The summed E-state index contributed by atoms with van der Waals surface area (Å²) in [6.07, 6.45) is -1.26. The quantitative estimate of drug-likeness (QED) is 0.490. The fourth-order valence-electron chi connectivity index (χ4n) is 2.10. The van der Waals surface area contributed by atoms with E-state index in [1.807, 2.05) is 6.07 Å². The largest absolute Gasteiger partial charge is 0.469 e. The summed E-state index contributed by atoms with van der Waals surface area (Å²) in [5, 5.41) is 2.24. The number of cyclic esters (lactones) is 2. The van der Waals surface area contributed by atoms with Crippen LogP contribution in [0.1, 0.15) is 12.0 Å². The smallest absolute Gasteiger partial charge is 0.408 e. The fraction of sp³-hybridized carbons (Fsp3) is 0.333. The zero-order valence-corrected chi connectivity index (χ0v) is 12.3. The highest BCUT2D eigenvalue weighted by atomic mass is 16.6. The number of nitrogens with one attached hydrogen (secondary N) is 1. The normalized spacial score (nSPS) is 20.4. The molecule has 0 saturated carbocycles. The summed E-state index contributed by atoms with van der Waals surface area (Å²) in [4.78, 5) is 46.4. The van der Waals surface area contributed by atoms with Gasteiger partial charge in [0, 0.05) is 0 Å². The van der Waals surface area contributed by atoms with Gasteiger partial charge in [0.1, 0.15) is 12.6 Å². The lowest BCUT2D eigenvalue weighted by molar-refractivity contribution is -0.173. The van der Waals surface area contributed by atoms with Crippen molar-refractivity contribution < 1.29 is 33.4 Å². The van der Waals surface area contributed by atoms with Crippen LogP contribution in [0, 0.1) is 5.92 Å². The standard InChI is InChI=1S/C15H15NO7/c1-21-13(18)10-7-11(17)23-14(19)12(10)16-15(20)22-8-9-5-3-2-4-6-9/h2-6,10,12H,7-8H2,1H3,(H,16,20)/t10-,12+/m1/s1. The first-order valence-corrected chi connectivity index (χ1v) is 6.81. The average Bonchev–Trinajstić information content (AvgIpc) is 2.55. The van der Waals surface area contributed by atoms with E-state index in [-0.39, 0.29) is 13.0 Å². The minimum absolute atomic E-state index is 0.00371. The second-order valence-electron chi connectivity index (χ2n) is 4.81. The number of hydrogen-bond donors (Lipinski definition) is 1. The third-order valence-corrected chi connectivity index (χ3v) is 3.25. The van der Waals surface area contributed by atoms with Gasteiger partial charge in [-0.3, -0.25) is 9.59 Å². The summed E-state index contributed by atoms with van der Waals surface area (Å²) in [5.74, 6) is -3.80. The Morgan fingerprint density at radius 2 is 1.96 bits per heavy atom. The lowest BCUT2D eigenvalue weighted by atomic mass is 9.94. The van der Waals surface area contributed by atoms with Crippen LogP contribution >= 0.6 is 0 Å². The molecule has 0 radical (unpaired) electrons. The van der Waals surface area contributed by atoms with E-state index < -0.39 is 36.0 Å². The van der Waals surface area contributed by atoms with Gasteiger partial charge in [0.15, 0.2) is 0 Å². The Morgan fingerprint density at radius 1 is 1.26 bits per heavy atom. The monoisotopic (exact) mass is 321 g/mol. The molecule has 0 aliphatic carbocycles. The van der Waals surface area contributed by atoms with E-state index in [1.165, 1.54) is 0 Å². The third-order valence-electron chi connectivity index (χ3n) is 3.25. The van der Waals surface area contributed by atoms with Gasteiger partial charge in [0.2, 0.25) is 0 Å². The molecule has 1 amide bonds. The van der Waals surface area contributed by atoms with Crippen molar-refractivity contribution in [3.8, 4) is 0 Å². The number of hydrogen-bond acceptors (Lipinski definition) is 7. The van der Waals surface area contributed by atoms with Gasteiger partial charge in [-0.2, -0.15) is 0 Å². The van der Waals surface area contributed by atoms with Crippen LogP contribution in [0.15, 0.2) is 30.3 Å². The molecule has 8 nitrogen and oxygen atoms in total. The van der Waals surface area contributed by atoms with Crippen molar-refractivity contribution in [3.63, 3.8) is 0 Å². The molecule has 1 N–H and O–H groups in total. The van der Waals surface area contributed by atoms with Crippen LogP contribution in [0.4, 0.5) is 4.79 Å². The van der Waals surface area contributed by atoms with Crippen LogP contribution in [-0.2, 0) is 35.2 Å². The second-order valence-corrected chi connectivity index (χ2v) is 4.81. The van der Waals surface area contributed by atoms with E-state index in [0.29, 0.717) is 0 Å². The highest BCUT2D eigenvalue weighted by molar-refractivity contribution is 5.98. The number of esters is 3. The van der Waals surface area contributed by atoms with Crippen LogP contribution in [-0.4, -0.2) is 37.2 Å². The second kappa shape index (κ2) is 7.39. The Bertz CT molecular complexity index is 614. The molecule has 0 spiro atoms. The summed E-state index contributed by atoms with van der Waals surface area (Å²) >= 11 is 0. The Morgan fingerprint density at radius 3 is 2.61 bits per heavy atom. The molecule has 1 aromatic rings. The van der Waals surface area contributed by atoms with Crippen molar-refractivity contribution in [2.45, 2.75) is 19.1 Å². The number of rotatable bonds is 4. The highest BCUT2D eigenvalue weighted by Crippen LogP contribution is 2.19. The lowest BCUT2D eigenvalue weighted by Crippen LogP contribution is -2.53. The van der Waals surface area contributed by atoms with Crippen molar-refractivity contribution in [3.05, 3.63) is 35.9 Å². The molecule has 0 aromatic heterocycles. The molecule has 8 heteroatoms. The Kier molecular flexibility index (Phi) is 5.29. The lowest BCUT2D eigenvalue weighted by Gasteiger charge is -2.27. The predicted octanol–water partition coefficient (Wildman–Crippen LogP) is 0.544. The molecule has 0 bridgehead atoms. The van der Waals surface area contributed by atoms with E-state index in [4.69, 9.17) is 4.74 Å². The average molecular weight is 321 g/mol. The number of amides is 1. The van der Waals surface area contributed by atoms with E-state index in [0.717, 1.165) is 12.7 Å². The highest BCUT2D eigenvalue weighted by Gasteiger charge is 2.44. The number of benzene rings is 1. The molecule has 122 valence electrons.